The highest BCUT2D eigenvalue weighted by atomic mass is 32.2. The standard InChI is InChI=1S/C9H12N2OS/c1-11(2)9(12)7-4-5-8(13-3)10-6-7/h4-6H,1-3H3. The molecule has 0 radical (unpaired) electrons. The second-order valence-electron chi connectivity index (χ2n) is 2.79. The number of aromatic nitrogens is 1. The molecule has 1 aromatic heterocycles. The van der Waals surface area contributed by atoms with Crippen LogP contribution in [0.2, 0.25) is 0 Å². The van der Waals surface area contributed by atoms with E-state index in [-0.39, 0.29) is 5.91 Å². The smallest absolute Gasteiger partial charge is 0.254 e. The van der Waals surface area contributed by atoms with E-state index in [1.165, 1.54) is 4.90 Å². The minimum atomic E-state index is -0.0137. The molecular weight excluding hydrogens is 184 g/mol. The number of rotatable bonds is 2. The highest BCUT2D eigenvalue weighted by molar-refractivity contribution is 7.98. The molecule has 0 saturated carbocycles. The number of pyridine rings is 1. The Labute approximate surface area is 82.2 Å². The van der Waals surface area contributed by atoms with Crippen LogP contribution >= 0.6 is 11.8 Å². The monoisotopic (exact) mass is 196 g/mol. The number of carbonyl (C=O) groups excluding carboxylic acids is 1. The van der Waals surface area contributed by atoms with Crippen LogP contribution < -0.4 is 0 Å². The van der Waals surface area contributed by atoms with Gasteiger partial charge in [0.25, 0.3) is 5.91 Å². The summed E-state index contributed by atoms with van der Waals surface area (Å²) in [6, 6.07) is 3.64. The summed E-state index contributed by atoms with van der Waals surface area (Å²) < 4.78 is 0. The zero-order valence-corrected chi connectivity index (χ0v) is 8.76. The summed E-state index contributed by atoms with van der Waals surface area (Å²) in [4.78, 5) is 17.1. The average molecular weight is 196 g/mol. The Balaban J connectivity index is 2.86. The van der Waals surface area contributed by atoms with Crippen LogP contribution in [0.4, 0.5) is 0 Å². The van der Waals surface area contributed by atoms with Crippen LogP contribution in [0.1, 0.15) is 10.4 Å². The molecule has 0 aliphatic carbocycles. The second kappa shape index (κ2) is 4.28. The van der Waals surface area contributed by atoms with E-state index in [4.69, 9.17) is 0 Å². The van der Waals surface area contributed by atoms with Crippen LogP contribution in [-0.4, -0.2) is 36.1 Å². The van der Waals surface area contributed by atoms with Crippen LogP contribution in [0.15, 0.2) is 23.4 Å². The van der Waals surface area contributed by atoms with Gasteiger partial charge in [-0.15, -0.1) is 11.8 Å². The third-order valence-electron chi connectivity index (χ3n) is 1.60. The van der Waals surface area contributed by atoms with Gasteiger partial charge in [-0.1, -0.05) is 0 Å². The van der Waals surface area contributed by atoms with Gasteiger partial charge in [0.1, 0.15) is 0 Å². The lowest BCUT2D eigenvalue weighted by atomic mass is 10.2. The first-order valence-electron chi connectivity index (χ1n) is 3.87. The molecule has 4 heteroatoms. The number of hydrogen-bond acceptors (Lipinski definition) is 3. The van der Waals surface area contributed by atoms with Gasteiger partial charge in [0.15, 0.2) is 0 Å². The van der Waals surface area contributed by atoms with E-state index in [1.807, 2.05) is 12.3 Å². The predicted molar refractivity (Wildman–Crippen MR) is 54.0 cm³/mol. The van der Waals surface area contributed by atoms with Gasteiger partial charge >= 0.3 is 0 Å². The van der Waals surface area contributed by atoms with E-state index in [9.17, 15) is 4.79 Å². The molecule has 3 nitrogen and oxygen atoms in total. The van der Waals surface area contributed by atoms with Crippen LogP contribution in [0, 0.1) is 0 Å². The fourth-order valence-corrected chi connectivity index (χ4v) is 1.25. The molecule has 1 amide bonds. The van der Waals surface area contributed by atoms with Crippen LogP contribution in [0.25, 0.3) is 0 Å². The minimum Gasteiger partial charge on any atom is -0.345 e. The maximum atomic E-state index is 11.4. The number of nitrogens with zero attached hydrogens (tertiary/aromatic N) is 2. The summed E-state index contributed by atoms with van der Waals surface area (Å²) in [5.74, 6) is -0.0137. The second-order valence-corrected chi connectivity index (χ2v) is 3.62. The molecule has 0 saturated heterocycles. The average Bonchev–Trinajstić information content (AvgIpc) is 2.17. The Morgan fingerprint density at radius 3 is 2.54 bits per heavy atom. The third-order valence-corrected chi connectivity index (χ3v) is 2.26. The van der Waals surface area contributed by atoms with Gasteiger partial charge in [-0.3, -0.25) is 4.79 Å². The molecule has 1 aromatic rings. The summed E-state index contributed by atoms with van der Waals surface area (Å²) in [7, 11) is 3.45. The summed E-state index contributed by atoms with van der Waals surface area (Å²) in [6.45, 7) is 0. The molecule has 0 aliphatic heterocycles. The molecule has 0 aromatic carbocycles. The van der Waals surface area contributed by atoms with Gasteiger partial charge in [0.05, 0.1) is 10.6 Å². The Morgan fingerprint density at radius 1 is 1.46 bits per heavy atom. The quantitative estimate of drug-likeness (QED) is 0.672. The fraction of sp³-hybridized carbons (Fsp3) is 0.333. The molecule has 0 fully saturated rings. The molecule has 0 atom stereocenters. The molecule has 1 heterocycles. The highest BCUT2D eigenvalue weighted by Crippen LogP contribution is 2.11. The first-order chi connectivity index (χ1) is 6.15. The van der Waals surface area contributed by atoms with Crippen molar-refractivity contribution < 1.29 is 4.79 Å². The van der Waals surface area contributed by atoms with E-state index >= 15 is 0 Å². The van der Waals surface area contributed by atoms with Gasteiger partial charge < -0.3 is 4.90 Å². The Bertz CT molecular complexity index is 295. The molecule has 0 spiro atoms. The van der Waals surface area contributed by atoms with Gasteiger partial charge in [-0.05, 0) is 18.4 Å². The van der Waals surface area contributed by atoms with Crippen molar-refractivity contribution in [3.05, 3.63) is 23.9 Å². The maximum absolute atomic E-state index is 11.4. The van der Waals surface area contributed by atoms with Crippen LogP contribution in [0.5, 0.6) is 0 Å². The van der Waals surface area contributed by atoms with Gasteiger partial charge in [-0.25, -0.2) is 4.98 Å². The zero-order valence-electron chi connectivity index (χ0n) is 7.94. The summed E-state index contributed by atoms with van der Waals surface area (Å²) in [5, 5.41) is 0.926. The summed E-state index contributed by atoms with van der Waals surface area (Å²) >= 11 is 1.56. The zero-order chi connectivity index (χ0) is 9.84. The summed E-state index contributed by atoms with van der Waals surface area (Å²) in [6.07, 6.45) is 3.56. The molecule has 0 bridgehead atoms. The third kappa shape index (κ3) is 2.45. The van der Waals surface area contributed by atoms with Crippen molar-refractivity contribution in [2.24, 2.45) is 0 Å². The Morgan fingerprint density at radius 2 is 2.15 bits per heavy atom. The normalized spacial score (nSPS) is 9.77. The highest BCUT2D eigenvalue weighted by Gasteiger charge is 2.07. The van der Waals surface area contributed by atoms with Crippen molar-refractivity contribution in [3.8, 4) is 0 Å². The van der Waals surface area contributed by atoms with Crippen molar-refractivity contribution in [1.82, 2.24) is 9.88 Å². The summed E-state index contributed by atoms with van der Waals surface area (Å²) in [5.41, 5.74) is 0.628. The predicted octanol–water partition coefficient (Wildman–Crippen LogP) is 1.51. The van der Waals surface area contributed by atoms with Crippen molar-refractivity contribution in [3.63, 3.8) is 0 Å². The van der Waals surface area contributed by atoms with Crippen molar-refractivity contribution >= 4 is 17.7 Å². The van der Waals surface area contributed by atoms with Crippen molar-refractivity contribution in [1.29, 1.82) is 0 Å². The first kappa shape index (κ1) is 10.1. The maximum Gasteiger partial charge on any atom is 0.254 e. The van der Waals surface area contributed by atoms with E-state index in [0.29, 0.717) is 5.56 Å². The van der Waals surface area contributed by atoms with Gasteiger partial charge in [0.2, 0.25) is 0 Å². The number of carbonyl (C=O) groups is 1. The lowest BCUT2D eigenvalue weighted by molar-refractivity contribution is 0.0827. The SMILES string of the molecule is CSc1ccc(C(=O)N(C)C)cn1. The molecule has 0 unspecified atom stereocenters. The largest absolute Gasteiger partial charge is 0.345 e. The molecule has 13 heavy (non-hydrogen) atoms. The number of hydrogen-bond donors (Lipinski definition) is 0. The first-order valence-corrected chi connectivity index (χ1v) is 5.09. The van der Waals surface area contributed by atoms with Crippen molar-refractivity contribution in [2.45, 2.75) is 5.03 Å². The molecular formula is C9H12N2OS. The molecule has 70 valence electrons. The van der Waals surface area contributed by atoms with E-state index in [2.05, 4.69) is 4.98 Å². The van der Waals surface area contributed by atoms with Gasteiger partial charge in [0, 0.05) is 20.3 Å². The van der Waals surface area contributed by atoms with Crippen LogP contribution in [-0.2, 0) is 0 Å². The van der Waals surface area contributed by atoms with Gasteiger partial charge in [-0.2, -0.15) is 0 Å². The fourth-order valence-electron chi connectivity index (χ4n) is 0.886. The lowest BCUT2D eigenvalue weighted by Gasteiger charge is -2.09. The number of amides is 1. The Hall–Kier alpha value is -1.03. The molecule has 0 aliphatic rings. The van der Waals surface area contributed by atoms with Crippen LogP contribution in [0.3, 0.4) is 0 Å². The van der Waals surface area contributed by atoms with E-state index in [0.717, 1.165) is 5.03 Å². The lowest BCUT2D eigenvalue weighted by Crippen LogP contribution is -2.21. The molecule has 0 N–H and O–H groups in total. The number of thioether (sulfide) groups is 1. The van der Waals surface area contributed by atoms with E-state index < -0.39 is 0 Å². The topological polar surface area (TPSA) is 33.2 Å². The minimum absolute atomic E-state index is 0.0137. The van der Waals surface area contributed by atoms with E-state index in [1.54, 1.807) is 38.1 Å². The molecule has 1 rings (SSSR count). The Kier molecular flexibility index (Phi) is 3.31. The van der Waals surface area contributed by atoms with Crippen molar-refractivity contribution in [2.75, 3.05) is 20.4 Å².